The van der Waals surface area contributed by atoms with Gasteiger partial charge in [0.25, 0.3) is 5.56 Å². The van der Waals surface area contributed by atoms with E-state index in [1.807, 2.05) is 24.3 Å². The molecule has 0 aliphatic heterocycles. The molecule has 0 unspecified atom stereocenters. The van der Waals surface area contributed by atoms with Crippen LogP contribution in [0.1, 0.15) is 0 Å². The van der Waals surface area contributed by atoms with E-state index in [0.29, 0.717) is 0 Å². The smallest absolute Gasteiger partial charge is 0.266 e. The van der Waals surface area contributed by atoms with Crippen LogP contribution in [0.5, 0.6) is 0 Å². The van der Waals surface area contributed by atoms with Crippen molar-refractivity contribution in [3.05, 3.63) is 44.3 Å². The summed E-state index contributed by atoms with van der Waals surface area (Å²) < 4.78 is 2.65. The molecule has 0 saturated carbocycles. The minimum Gasteiger partial charge on any atom is -0.295 e. The van der Waals surface area contributed by atoms with Crippen LogP contribution in [-0.2, 0) is 7.05 Å². The van der Waals surface area contributed by atoms with Crippen molar-refractivity contribution in [2.24, 2.45) is 7.05 Å². The lowest BCUT2D eigenvalue weighted by Gasteiger charge is -1.97. The lowest BCUT2D eigenvalue weighted by molar-refractivity contribution is 0.742. The fourth-order valence-corrected chi connectivity index (χ4v) is 1.63. The van der Waals surface area contributed by atoms with Gasteiger partial charge in [-0.15, -0.1) is 0 Å². The fourth-order valence-electron chi connectivity index (χ4n) is 1.27. The van der Waals surface area contributed by atoms with Gasteiger partial charge in [-0.05, 0) is 40.3 Å². The Morgan fingerprint density at radius 2 is 1.93 bits per heavy atom. The van der Waals surface area contributed by atoms with Crippen molar-refractivity contribution >= 4 is 22.6 Å². The van der Waals surface area contributed by atoms with Crippen LogP contribution in [0.4, 0.5) is 0 Å². The minimum absolute atomic E-state index is 0.0152. The number of benzene rings is 1. The van der Waals surface area contributed by atoms with E-state index < -0.39 is 0 Å². The highest BCUT2D eigenvalue weighted by Gasteiger charge is 2.01. The molecule has 2 aromatic rings. The van der Waals surface area contributed by atoms with Gasteiger partial charge in [0.05, 0.1) is 5.69 Å². The lowest BCUT2D eigenvalue weighted by Crippen LogP contribution is -2.09. The van der Waals surface area contributed by atoms with Crippen LogP contribution in [0.2, 0.25) is 0 Å². The summed E-state index contributed by atoms with van der Waals surface area (Å²) in [7, 11) is 1.71. The van der Waals surface area contributed by atoms with E-state index in [9.17, 15) is 4.79 Å². The number of halogens is 1. The first-order valence-corrected chi connectivity index (χ1v) is 5.27. The van der Waals surface area contributed by atoms with Gasteiger partial charge in [0.2, 0.25) is 0 Å². The second-order valence-electron chi connectivity index (χ2n) is 3.07. The third kappa shape index (κ3) is 1.75. The summed E-state index contributed by atoms with van der Waals surface area (Å²) in [6.07, 6.45) is 0. The summed E-state index contributed by atoms with van der Waals surface area (Å²) >= 11 is 2.25. The van der Waals surface area contributed by atoms with Crippen molar-refractivity contribution in [3.8, 4) is 11.3 Å². The van der Waals surface area contributed by atoms with Gasteiger partial charge in [0.1, 0.15) is 0 Å². The van der Waals surface area contributed by atoms with Crippen LogP contribution >= 0.6 is 22.6 Å². The highest BCUT2D eigenvalue weighted by Crippen LogP contribution is 2.16. The predicted octanol–water partition coefficient (Wildman–Crippen LogP) is 1.98. The molecular formula is C10H9IN2O. The van der Waals surface area contributed by atoms with E-state index in [2.05, 4.69) is 27.7 Å². The molecule has 1 heterocycles. The summed E-state index contributed by atoms with van der Waals surface area (Å²) in [6, 6.07) is 9.62. The number of aryl methyl sites for hydroxylation is 1. The average molecular weight is 300 g/mol. The molecule has 0 saturated heterocycles. The van der Waals surface area contributed by atoms with Gasteiger partial charge in [-0.1, -0.05) is 12.1 Å². The normalized spacial score (nSPS) is 10.4. The summed E-state index contributed by atoms with van der Waals surface area (Å²) in [6.45, 7) is 0. The first kappa shape index (κ1) is 9.51. The van der Waals surface area contributed by atoms with E-state index in [0.717, 1.165) is 11.3 Å². The molecule has 0 bridgehead atoms. The predicted molar refractivity (Wildman–Crippen MR) is 64.2 cm³/mol. The summed E-state index contributed by atoms with van der Waals surface area (Å²) in [5.41, 5.74) is 1.87. The number of aromatic nitrogens is 2. The maximum absolute atomic E-state index is 11.2. The molecule has 1 aromatic carbocycles. The number of H-pyrrole nitrogens is 1. The minimum atomic E-state index is -0.0152. The summed E-state index contributed by atoms with van der Waals surface area (Å²) in [5.74, 6) is 0. The van der Waals surface area contributed by atoms with Crippen molar-refractivity contribution in [1.29, 1.82) is 0 Å². The molecule has 14 heavy (non-hydrogen) atoms. The third-order valence-corrected chi connectivity index (χ3v) is 2.76. The Morgan fingerprint density at radius 3 is 2.43 bits per heavy atom. The van der Waals surface area contributed by atoms with Gasteiger partial charge in [-0.2, -0.15) is 0 Å². The highest BCUT2D eigenvalue weighted by atomic mass is 127. The number of nitrogens with zero attached hydrogens (tertiary/aromatic N) is 1. The maximum atomic E-state index is 11.2. The number of aromatic amines is 1. The first-order valence-electron chi connectivity index (χ1n) is 4.19. The molecule has 4 heteroatoms. The molecular weight excluding hydrogens is 291 g/mol. The topological polar surface area (TPSA) is 37.8 Å². The van der Waals surface area contributed by atoms with E-state index >= 15 is 0 Å². The van der Waals surface area contributed by atoms with Crippen molar-refractivity contribution in [2.75, 3.05) is 0 Å². The van der Waals surface area contributed by atoms with Crippen LogP contribution in [-0.4, -0.2) is 9.78 Å². The van der Waals surface area contributed by atoms with Crippen LogP contribution in [0.3, 0.4) is 0 Å². The standard InChI is InChI=1S/C10H9IN2O/c1-13-10(14)6-9(12-13)7-2-4-8(11)5-3-7/h2-6,12H,1H3. The number of nitrogens with one attached hydrogen (secondary N) is 1. The molecule has 0 aliphatic carbocycles. The molecule has 3 nitrogen and oxygen atoms in total. The van der Waals surface area contributed by atoms with Crippen LogP contribution in [0, 0.1) is 3.57 Å². The monoisotopic (exact) mass is 300 g/mol. The van der Waals surface area contributed by atoms with E-state index in [-0.39, 0.29) is 5.56 Å². The SMILES string of the molecule is Cn1[nH]c(-c2ccc(I)cc2)cc1=O. The van der Waals surface area contributed by atoms with Gasteiger partial charge in [-0.25, -0.2) is 0 Å². The Morgan fingerprint density at radius 1 is 1.29 bits per heavy atom. The second kappa shape index (κ2) is 3.61. The molecule has 0 aliphatic rings. The molecule has 1 N–H and O–H groups in total. The lowest BCUT2D eigenvalue weighted by atomic mass is 10.2. The van der Waals surface area contributed by atoms with Gasteiger partial charge in [0, 0.05) is 16.7 Å². The molecule has 0 atom stereocenters. The largest absolute Gasteiger partial charge is 0.295 e. The van der Waals surface area contributed by atoms with Crippen molar-refractivity contribution in [3.63, 3.8) is 0 Å². The van der Waals surface area contributed by atoms with Crippen LogP contribution in [0.15, 0.2) is 35.1 Å². The molecule has 0 radical (unpaired) electrons. The molecule has 1 aromatic heterocycles. The van der Waals surface area contributed by atoms with Crippen LogP contribution in [0.25, 0.3) is 11.3 Å². The molecule has 0 fully saturated rings. The Balaban J connectivity index is 2.49. The third-order valence-electron chi connectivity index (χ3n) is 2.04. The van der Waals surface area contributed by atoms with Gasteiger partial charge < -0.3 is 0 Å². The average Bonchev–Trinajstić information content (AvgIpc) is 2.48. The van der Waals surface area contributed by atoms with E-state index in [4.69, 9.17) is 0 Å². The molecule has 0 amide bonds. The summed E-state index contributed by atoms with van der Waals surface area (Å²) in [4.78, 5) is 11.2. The Kier molecular flexibility index (Phi) is 2.45. The van der Waals surface area contributed by atoms with E-state index in [1.54, 1.807) is 13.1 Å². The van der Waals surface area contributed by atoms with Crippen molar-refractivity contribution in [2.45, 2.75) is 0 Å². The molecule has 0 spiro atoms. The highest BCUT2D eigenvalue weighted by molar-refractivity contribution is 14.1. The quantitative estimate of drug-likeness (QED) is 0.804. The van der Waals surface area contributed by atoms with Gasteiger partial charge in [0.15, 0.2) is 0 Å². The molecule has 72 valence electrons. The molecule has 2 rings (SSSR count). The van der Waals surface area contributed by atoms with E-state index in [1.165, 1.54) is 8.25 Å². The summed E-state index contributed by atoms with van der Waals surface area (Å²) in [5, 5.41) is 2.98. The van der Waals surface area contributed by atoms with Crippen LogP contribution < -0.4 is 5.56 Å². The first-order chi connectivity index (χ1) is 6.66. The van der Waals surface area contributed by atoms with Crippen molar-refractivity contribution < 1.29 is 0 Å². The van der Waals surface area contributed by atoms with Gasteiger partial charge >= 0.3 is 0 Å². The van der Waals surface area contributed by atoms with Crippen molar-refractivity contribution in [1.82, 2.24) is 9.78 Å². The fraction of sp³-hybridized carbons (Fsp3) is 0.100. The zero-order valence-corrected chi connectivity index (χ0v) is 9.78. The Labute approximate surface area is 94.9 Å². The number of rotatable bonds is 1. The van der Waals surface area contributed by atoms with Gasteiger partial charge in [-0.3, -0.25) is 14.6 Å². The Bertz CT molecular complexity index is 496. The zero-order valence-electron chi connectivity index (χ0n) is 7.62. The number of hydrogen-bond acceptors (Lipinski definition) is 1. The zero-order chi connectivity index (χ0) is 10.1. The second-order valence-corrected chi connectivity index (χ2v) is 4.32. The maximum Gasteiger partial charge on any atom is 0.266 e. The number of hydrogen-bond donors (Lipinski definition) is 1. The Hall–Kier alpha value is -1.04.